The van der Waals surface area contributed by atoms with Gasteiger partial charge in [0.1, 0.15) is 5.76 Å². The van der Waals surface area contributed by atoms with E-state index in [1.54, 1.807) is 37.3 Å². The quantitative estimate of drug-likeness (QED) is 0.242. The molecule has 2 aromatic carbocycles. The topological polar surface area (TPSA) is 120 Å². The minimum Gasteiger partial charge on any atom is -0.503 e. The lowest BCUT2D eigenvalue weighted by molar-refractivity contribution is -0.825. The zero-order valence-electron chi connectivity index (χ0n) is 18.6. The number of hydrogen-bond acceptors (Lipinski definition) is 7. The van der Waals surface area contributed by atoms with Gasteiger partial charge in [0.05, 0.1) is 17.3 Å². The van der Waals surface area contributed by atoms with Crippen molar-refractivity contribution in [3.05, 3.63) is 88.6 Å². The molecule has 3 aromatic rings. The number of hydrogen-bond donors (Lipinski definition) is 4. The van der Waals surface area contributed by atoms with E-state index in [1.807, 2.05) is 12.1 Å². The Hall–Kier alpha value is -3.53. The molecule has 0 fully saturated rings. The Balaban J connectivity index is 1.58. The number of amides is 1. The SMILES string of the molecule is CCc1ccc2c(c1)SC(N1C(=O)C(O)=C(C(=O)c3ccc(C)o3)C1c1cccc([NH2+]O)c1)N2. The van der Waals surface area contributed by atoms with Gasteiger partial charge in [0.15, 0.2) is 22.7 Å². The van der Waals surface area contributed by atoms with Gasteiger partial charge in [-0.05, 0) is 48.7 Å². The number of benzene rings is 2. The summed E-state index contributed by atoms with van der Waals surface area (Å²) in [6, 6.07) is 15.3. The van der Waals surface area contributed by atoms with Gasteiger partial charge in [-0.1, -0.05) is 36.9 Å². The van der Waals surface area contributed by atoms with E-state index in [2.05, 4.69) is 18.3 Å². The first-order valence-corrected chi connectivity index (χ1v) is 11.8. The molecule has 2 atom stereocenters. The van der Waals surface area contributed by atoms with Gasteiger partial charge in [-0.25, -0.2) is 5.21 Å². The first kappa shape index (κ1) is 22.3. The monoisotopic (exact) mass is 478 g/mol. The molecular weight excluding hydrogens is 454 g/mol. The maximum atomic E-state index is 13.4. The van der Waals surface area contributed by atoms with Crippen LogP contribution in [-0.2, 0) is 11.2 Å². The predicted octanol–water partition coefficient (Wildman–Crippen LogP) is 3.81. The number of nitrogens with two attached hydrogens (primary N) is 1. The first-order valence-electron chi connectivity index (χ1n) is 10.9. The molecule has 34 heavy (non-hydrogen) atoms. The van der Waals surface area contributed by atoms with Crippen molar-refractivity contribution in [1.29, 1.82) is 0 Å². The molecule has 0 spiro atoms. The molecule has 9 heteroatoms. The number of rotatable bonds is 6. The van der Waals surface area contributed by atoms with Gasteiger partial charge in [-0.15, -0.1) is 0 Å². The number of aliphatic hydroxyl groups excluding tert-OH is 1. The highest BCUT2D eigenvalue weighted by Crippen LogP contribution is 2.48. The van der Waals surface area contributed by atoms with E-state index in [0.717, 1.165) is 22.5 Å². The van der Waals surface area contributed by atoms with Gasteiger partial charge < -0.3 is 14.8 Å². The lowest BCUT2D eigenvalue weighted by Gasteiger charge is -2.31. The van der Waals surface area contributed by atoms with Crippen LogP contribution in [0.4, 0.5) is 11.4 Å². The van der Waals surface area contributed by atoms with Crippen LogP contribution in [-0.4, -0.2) is 32.4 Å². The molecule has 2 aliphatic rings. The zero-order chi connectivity index (χ0) is 24.0. The van der Waals surface area contributed by atoms with Crippen molar-refractivity contribution in [3.8, 4) is 0 Å². The molecule has 174 valence electrons. The van der Waals surface area contributed by atoms with Crippen molar-refractivity contribution in [2.75, 3.05) is 5.32 Å². The minimum absolute atomic E-state index is 0.0477. The second-order valence-electron chi connectivity index (χ2n) is 8.21. The van der Waals surface area contributed by atoms with Gasteiger partial charge in [0.25, 0.3) is 5.91 Å². The number of quaternary nitrogens is 1. The summed E-state index contributed by atoms with van der Waals surface area (Å²) in [4.78, 5) is 29.3. The van der Waals surface area contributed by atoms with Gasteiger partial charge in [-0.3, -0.25) is 14.5 Å². The fourth-order valence-corrected chi connectivity index (χ4v) is 5.57. The second-order valence-corrected chi connectivity index (χ2v) is 9.34. The lowest BCUT2D eigenvalue weighted by atomic mass is 9.95. The summed E-state index contributed by atoms with van der Waals surface area (Å²) in [6.07, 6.45) is 0.887. The number of thioether (sulfide) groups is 1. The fourth-order valence-electron chi connectivity index (χ4n) is 4.34. The molecule has 3 heterocycles. The normalized spacial score (nSPS) is 19.5. The molecule has 2 aliphatic heterocycles. The van der Waals surface area contributed by atoms with Crippen molar-refractivity contribution in [2.45, 2.75) is 36.7 Å². The highest BCUT2D eigenvalue weighted by atomic mass is 32.2. The van der Waals surface area contributed by atoms with Crippen molar-refractivity contribution in [2.24, 2.45) is 0 Å². The van der Waals surface area contributed by atoms with Crippen LogP contribution in [0.5, 0.6) is 0 Å². The van der Waals surface area contributed by atoms with Crippen LogP contribution in [0.3, 0.4) is 0 Å². The van der Waals surface area contributed by atoms with Crippen molar-refractivity contribution < 1.29 is 29.8 Å². The Morgan fingerprint density at radius 3 is 2.74 bits per heavy atom. The van der Waals surface area contributed by atoms with Crippen molar-refractivity contribution in [3.63, 3.8) is 0 Å². The van der Waals surface area contributed by atoms with E-state index in [0.29, 0.717) is 17.0 Å². The van der Waals surface area contributed by atoms with Crippen LogP contribution < -0.4 is 10.8 Å². The molecule has 5 rings (SSSR count). The molecule has 0 saturated heterocycles. The molecule has 1 aromatic heterocycles. The first-order chi connectivity index (χ1) is 16.4. The summed E-state index contributed by atoms with van der Waals surface area (Å²) in [5.41, 5.74) is 3.51. The van der Waals surface area contributed by atoms with Crippen molar-refractivity contribution >= 4 is 34.8 Å². The summed E-state index contributed by atoms with van der Waals surface area (Å²) in [7, 11) is 0. The third kappa shape index (κ3) is 3.67. The lowest BCUT2D eigenvalue weighted by Crippen LogP contribution is -2.73. The Kier molecular flexibility index (Phi) is 5.68. The molecule has 0 saturated carbocycles. The molecule has 0 bridgehead atoms. The van der Waals surface area contributed by atoms with Gasteiger partial charge >= 0.3 is 0 Å². The van der Waals surface area contributed by atoms with Gasteiger partial charge in [0, 0.05) is 17.0 Å². The number of Topliss-reactive ketones (excluding diaryl/α,β-unsaturated/α-hetero) is 1. The number of aliphatic hydroxyl groups is 1. The fraction of sp³-hybridized carbons (Fsp3) is 0.200. The molecule has 1 amide bonds. The maximum absolute atomic E-state index is 13.4. The summed E-state index contributed by atoms with van der Waals surface area (Å²) in [5, 5.41) is 23.8. The zero-order valence-corrected chi connectivity index (χ0v) is 19.4. The van der Waals surface area contributed by atoms with E-state index < -0.39 is 29.0 Å². The number of ketones is 1. The van der Waals surface area contributed by atoms with E-state index >= 15 is 0 Å². The van der Waals surface area contributed by atoms with Crippen LogP contribution in [0.15, 0.2) is 75.2 Å². The number of carbonyl (C=O) groups excluding carboxylic acids is 2. The standard InChI is InChI=1S/C25H23N3O5S/c1-3-14-8-9-17-19(11-14)34-25(26-17)28-21(15-5-4-6-16(12-15)27-32)20(23(30)24(28)31)22(29)18-10-7-13(2)33-18/h4-12,21,25-27,30,32H,3H2,1-2H3/p+1. The third-order valence-electron chi connectivity index (χ3n) is 6.05. The minimum atomic E-state index is -0.879. The Morgan fingerprint density at radius 2 is 2.03 bits per heavy atom. The van der Waals surface area contributed by atoms with E-state index in [1.165, 1.54) is 28.3 Å². The van der Waals surface area contributed by atoms with Crippen LogP contribution in [0.1, 0.15) is 40.4 Å². The van der Waals surface area contributed by atoms with E-state index in [-0.39, 0.29) is 11.3 Å². The summed E-state index contributed by atoms with van der Waals surface area (Å²) in [6.45, 7) is 3.80. The smallest absolute Gasteiger partial charge is 0.292 e. The average molecular weight is 479 g/mol. The second kappa shape index (κ2) is 8.68. The molecule has 2 unspecified atom stereocenters. The third-order valence-corrected chi connectivity index (χ3v) is 7.21. The predicted molar refractivity (Wildman–Crippen MR) is 126 cm³/mol. The van der Waals surface area contributed by atoms with E-state index in [4.69, 9.17) is 4.42 Å². The highest BCUT2D eigenvalue weighted by Gasteiger charge is 2.49. The Bertz CT molecular complexity index is 1330. The van der Waals surface area contributed by atoms with Gasteiger partial charge in [-0.2, -0.15) is 5.48 Å². The summed E-state index contributed by atoms with van der Waals surface area (Å²) < 4.78 is 5.52. The number of carbonyl (C=O) groups is 2. The largest absolute Gasteiger partial charge is 0.503 e. The van der Waals surface area contributed by atoms with Crippen molar-refractivity contribution in [1.82, 2.24) is 4.90 Å². The van der Waals surface area contributed by atoms with Crippen LogP contribution >= 0.6 is 11.8 Å². The maximum Gasteiger partial charge on any atom is 0.292 e. The Labute approximate surface area is 200 Å². The summed E-state index contributed by atoms with van der Waals surface area (Å²) >= 11 is 1.46. The van der Waals surface area contributed by atoms with E-state index in [9.17, 15) is 19.9 Å². The number of aryl methyl sites for hydroxylation is 2. The highest BCUT2D eigenvalue weighted by molar-refractivity contribution is 8.00. The van der Waals surface area contributed by atoms with Crippen LogP contribution in [0.2, 0.25) is 0 Å². The molecule has 0 aliphatic carbocycles. The molecule has 0 radical (unpaired) electrons. The number of nitrogens with one attached hydrogen (secondary N) is 1. The van der Waals surface area contributed by atoms with Crippen LogP contribution in [0, 0.1) is 6.92 Å². The number of nitrogens with zero attached hydrogens (tertiary/aromatic N) is 1. The Morgan fingerprint density at radius 1 is 1.21 bits per heavy atom. The molecule has 5 N–H and O–H groups in total. The number of furan rings is 1. The average Bonchev–Trinajstić information content (AvgIpc) is 3.54. The molecular formula is C25H24N3O5S+. The number of anilines is 1. The molecule has 8 nitrogen and oxygen atoms in total. The van der Waals surface area contributed by atoms with Crippen LogP contribution in [0.25, 0.3) is 0 Å². The summed E-state index contributed by atoms with van der Waals surface area (Å²) in [5.74, 6) is -1.21. The van der Waals surface area contributed by atoms with Gasteiger partial charge in [0.2, 0.25) is 5.78 Å². The number of fused-ring (bicyclic) bond motifs is 1.